The van der Waals surface area contributed by atoms with Crippen molar-refractivity contribution in [3.63, 3.8) is 0 Å². The van der Waals surface area contributed by atoms with Crippen molar-refractivity contribution in [3.05, 3.63) is 312 Å². The third-order valence-electron chi connectivity index (χ3n) is 15.3. The van der Waals surface area contributed by atoms with Gasteiger partial charge in [0.1, 0.15) is 0 Å². The van der Waals surface area contributed by atoms with Gasteiger partial charge in [-0.1, -0.05) is 232 Å². The highest BCUT2D eigenvalue weighted by molar-refractivity contribution is 5.93. The summed E-state index contributed by atoms with van der Waals surface area (Å²) in [6.45, 7) is 4.70. The van der Waals surface area contributed by atoms with Gasteiger partial charge in [-0.25, -0.2) is 0 Å². The van der Waals surface area contributed by atoms with E-state index in [1.807, 2.05) is 0 Å². The summed E-state index contributed by atoms with van der Waals surface area (Å²) in [5.41, 5.74) is 23.4. The number of hydrogen-bond donors (Lipinski definition) is 0. The zero-order chi connectivity index (χ0) is 48.2. The highest BCUT2D eigenvalue weighted by Gasteiger charge is 2.46. The Balaban J connectivity index is 1.03. The Hall–Kier alpha value is -8.98. The molecule has 0 aromatic heterocycles. The lowest BCUT2D eigenvalue weighted by molar-refractivity contribution is 0.660. The Morgan fingerprint density at radius 3 is 1.33 bits per heavy atom. The van der Waals surface area contributed by atoms with E-state index in [9.17, 15) is 0 Å². The number of hydrogen-bond acceptors (Lipinski definition) is 2. The van der Waals surface area contributed by atoms with Gasteiger partial charge >= 0.3 is 0 Å². The van der Waals surface area contributed by atoms with Crippen LogP contribution in [0.2, 0.25) is 0 Å². The van der Waals surface area contributed by atoms with Crippen molar-refractivity contribution in [3.8, 4) is 44.5 Å². The van der Waals surface area contributed by atoms with Crippen molar-refractivity contribution in [1.29, 1.82) is 0 Å². The molecule has 0 aliphatic heterocycles. The van der Waals surface area contributed by atoms with Crippen LogP contribution in [-0.2, 0) is 10.8 Å². The molecule has 0 unspecified atom stereocenters. The molecule has 2 heteroatoms. The first-order valence-corrected chi connectivity index (χ1v) is 25.1. The lowest BCUT2D eigenvalue weighted by atomic mass is 9.67. The second-order valence-corrected chi connectivity index (χ2v) is 19.6. The maximum Gasteiger partial charge on any atom is 0.0714 e. The minimum absolute atomic E-state index is 0.107. The number of para-hydroxylation sites is 1. The van der Waals surface area contributed by atoms with Crippen molar-refractivity contribution < 1.29 is 0 Å². The van der Waals surface area contributed by atoms with Crippen LogP contribution in [0.15, 0.2) is 279 Å². The van der Waals surface area contributed by atoms with Crippen LogP contribution in [-0.4, -0.2) is 0 Å². The van der Waals surface area contributed by atoms with Crippen molar-refractivity contribution in [1.82, 2.24) is 0 Å². The monoisotopic (exact) mass is 920 g/mol. The first-order chi connectivity index (χ1) is 35.5. The second kappa shape index (κ2) is 17.5. The van der Waals surface area contributed by atoms with Gasteiger partial charge < -0.3 is 9.80 Å². The zero-order valence-corrected chi connectivity index (χ0v) is 40.5. The Bertz CT molecular complexity index is 3730. The molecule has 13 rings (SSSR count). The van der Waals surface area contributed by atoms with Gasteiger partial charge in [-0.05, 0) is 133 Å². The summed E-state index contributed by atoms with van der Waals surface area (Å²) in [4.78, 5) is 4.90. The van der Waals surface area contributed by atoms with E-state index in [4.69, 9.17) is 0 Å². The lowest BCUT2D eigenvalue weighted by Crippen LogP contribution is -2.28. The molecule has 0 atom stereocenters. The van der Waals surface area contributed by atoms with Gasteiger partial charge in [0.15, 0.2) is 0 Å². The second-order valence-electron chi connectivity index (χ2n) is 19.6. The summed E-state index contributed by atoms with van der Waals surface area (Å²) in [5, 5.41) is 0. The van der Waals surface area contributed by atoms with E-state index in [1.54, 1.807) is 0 Å². The molecular weight excluding hydrogens is 869 g/mol. The largest absolute Gasteiger partial charge is 0.310 e. The molecule has 2 aliphatic carbocycles. The van der Waals surface area contributed by atoms with E-state index in [1.165, 1.54) is 72.3 Å². The van der Waals surface area contributed by atoms with Gasteiger partial charge in [0.25, 0.3) is 0 Å². The van der Waals surface area contributed by atoms with E-state index in [-0.39, 0.29) is 5.41 Å². The molecule has 0 fully saturated rings. The summed E-state index contributed by atoms with van der Waals surface area (Å²) in [7, 11) is 0. The summed E-state index contributed by atoms with van der Waals surface area (Å²) < 4.78 is 0. The number of benzene rings is 11. The van der Waals surface area contributed by atoms with Crippen molar-refractivity contribution in [2.75, 3.05) is 9.80 Å². The van der Waals surface area contributed by atoms with Crippen LogP contribution in [0.5, 0.6) is 0 Å². The third-order valence-corrected chi connectivity index (χ3v) is 15.3. The van der Waals surface area contributed by atoms with Crippen molar-refractivity contribution in [2.24, 2.45) is 0 Å². The van der Waals surface area contributed by atoms with Crippen molar-refractivity contribution >= 4 is 34.1 Å². The molecule has 0 amide bonds. The maximum atomic E-state index is 2.46. The highest BCUT2D eigenvalue weighted by Crippen LogP contribution is 2.57. The minimum atomic E-state index is -0.548. The summed E-state index contributed by atoms with van der Waals surface area (Å²) in [6.07, 6.45) is 0. The Morgan fingerprint density at radius 2 is 0.681 bits per heavy atom. The van der Waals surface area contributed by atoms with Crippen LogP contribution in [0.25, 0.3) is 44.5 Å². The SMILES string of the molecule is CC1(C)c2ccccc2-c2cc(N(c3cccc(N(c4ccc(-c5ccccc5)cc4)c4cccc(C5(c6ccccc6)c6ccccc6-c6ccccc65)c4)c3)c3ccccc3-c3ccccc3)ccc21. The minimum Gasteiger partial charge on any atom is -0.310 e. The summed E-state index contributed by atoms with van der Waals surface area (Å²) in [5.74, 6) is 0. The molecule has 11 aromatic rings. The average molecular weight is 921 g/mol. The first kappa shape index (κ1) is 43.1. The molecule has 11 aromatic carbocycles. The maximum absolute atomic E-state index is 2.46. The average Bonchev–Trinajstić information content (AvgIpc) is 3.87. The highest BCUT2D eigenvalue weighted by atomic mass is 15.2. The fraction of sp³-hybridized carbons (Fsp3) is 0.0571. The lowest BCUT2D eigenvalue weighted by Gasteiger charge is -2.35. The molecule has 0 saturated carbocycles. The van der Waals surface area contributed by atoms with Gasteiger partial charge in [0.2, 0.25) is 0 Å². The molecule has 0 radical (unpaired) electrons. The van der Waals surface area contributed by atoms with Gasteiger partial charge in [-0.2, -0.15) is 0 Å². The molecule has 2 aliphatic rings. The van der Waals surface area contributed by atoms with Crippen LogP contribution in [0.4, 0.5) is 34.1 Å². The number of anilines is 6. The molecular formula is C70H52N2. The standard InChI is InChI=1S/C70H52N2/c1-69(2)64-36-16-12-35-62(64)63-48-58(44-45-65(63)69)72(68-39-19-15-32-59(68)51-24-8-4-9-25-51)57-31-21-30-56(47-57)71(54-42-40-50(41-43-54)49-22-6-3-7-23-49)55-29-20-28-53(46-55)70(52-26-10-5-11-27-52)66-37-17-13-33-60(66)61-34-14-18-38-67(61)70/h3-48H,1-2H3. The summed E-state index contributed by atoms with van der Waals surface area (Å²) >= 11 is 0. The summed E-state index contributed by atoms with van der Waals surface area (Å²) in [6, 6.07) is 103. The molecule has 72 heavy (non-hydrogen) atoms. The Kier molecular flexibility index (Phi) is 10.4. The van der Waals surface area contributed by atoms with Gasteiger partial charge in [-0.15, -0.1) is 0 Å². The third kappa shape index (κ3) is 6.94. The molecule has 0 bridgehead atoms. The van der Waals surface area contributed by atoms with Crippen LogP contribution >= 0.6 is 0 Å². The molecule has 0 saturated heterocycles. The van der Waals surface area contributed by atoms with E-state index >= 15 is 0 Å². The molecule has 2 nitrogen and oxygen atoms in total. The smallest absolute Gasteiger partial charge is 0.0714 e. The van der Waals surface area contributed by atoms with Crippen LogP contribution in [0, 0.1) is 0 Å². The number of nitrogens with zero attached hydrogens (tertiary/aromatic N) is 2. The van der Waals surface area contributed by atoms with Crippen molar-refractivity contribution in [2.45, 2.75) is 24.7 Å². The fourth-order valence-electron chi connectivity index (χ4n) is 12.0. The molecule has 0 heterocycles. The van der Waals surface area contributed by atoms with E-state index in [0.29, 0.717) is 0 Å². The first-order valence-electron chi connectivity index (χ1n) is 25.1. The van der Waals surface area contributed by atoms with Gasteiger partial charge in [0.05, 0.1) is 11.1 Å². The normalized spacial score (nSPS) is 13.4. The van der Waals surface area contributed by atoms with Crippen LogP contribution in [0.1, 0.15) is 47.2 Å². The molecule has 342 valence electrons. The van der Waals surface area contributed by atoms with E-state index in [0.717, 1.165) is 39.7 Å². The van der Waals surface area contributed by atoms with E-state index in [2.05, 4.69) is 303 Å². The predicted octanol–water partition coefficient (Wildman–Crippen LogP) is 18.6. The Labute approximate surface area is 423 Å². The Morgan fingerprint density at radius 1 is 0.250 bits per heavy atom. The zero-order valence-electron chi connectivity index (χ0n) is 40.5. The topological polar surface area (TPSA) is 6.48 Å². The van der Waals surface area contributed by atoms with Crippen LogP contribution in [0.3, 0.4) is 0 Å². The fourth-order valence-corrected chi connectivity index (χ4v) is 12.0. The van der Waals surface area contributed by atoms with Gasteiger partial charge in [-0.3, -0.25) is 0 Å². The molecule has 0 spiro atoms. The number of rotatable bonds is 10. The van der Waals surface area contributed by atoms with Crippen LogP contribution < -0.4 is 9.80 Å². The molecule has 0 N–H and O–H groups in total. The quantitative estimate of drug-likeness (QED) is 0.135. The van der Waals surface area contributed by atoms with Gasteiger partial charge in [0, 0.05) is 39.4 Å². The predicted molar refractivity (Wildman–Crippen MR) is 302 cm³/mol. The van der Waals surface area contributed by atoms with E-state index < -0.39 is 5.41 Å². The number of fused-ring (bicyclic) bond motifs is 6.